The highest BCUT2D eigenvalue weighted by atomic mass is 32.2. The molecule has 0 saturated heterocycles. The van der Waals surface area contributed by atoms with Crippen LogP contribution in [0.15, 0.2) is 23.7 Å². The Morgan fingerprint density at radius 3 is 2.65 bits per heavy atom. The molecule has 1 aliphatic rings. The Labute approximate surface area is 141 Å². The minimum absolute atomic E-state index is 0.426. The summed E-state index contributed by atoms with van der Waals surface area (Å²) in [5.74, 6) is 0. The van der Waals surface area contributed by atoms with Crippen LogP contribution in [0.1, 0.15) is 40.0 Å². The first-order chi connectivity index (χ1) is 10.7. The van der Waals surface area contributed by atoms with E-state index in [1.807, 2.05) is 38.3 Å². The molecule has 1 aliphatic carbocycles. The Morgan fingerprint density at radius 2 is 2.04 bits per heavy atom. The summed E-state index contributed by atoms with van der Waals surface area (Å²) in [6, 6.07) is 3.89. The Kier molecular flexibility index (Phi) is 4.14. The molecule has 0 unspecified atom stereocenters. The molecule has 0 atom stereocenters. The second-order valence-electron chi connectivity index (χ2n) is 7.24. The van der Waals surface area contributed by atoms with Crippen LogP contribution in [0.3, 0.4) is 0 Å². The Bertz CT molecular complexity index is 802. The standard InChI is InChI=1S/C16H23N3O2S2/c1-15(2,3)19-23(20,21)16(7-4-8-16)11-18-12-5-9-17-13-6-10-22-14(12)13/h5-6,9-10,19H,4,7-8,11H2,1-3H3,(H,17,18). The van der Waals surface area contributed by atoms with E-state index in [4.69, 9.17) is 0 Å². The van der Waals surface area contributed by atoms with E-state index in [1.165, 1.54) is 0 Å². The van der Waals surface area contributed by atoms with Crippen molar-refractivity contribution in [2.24, 2.45) is 0 Å². The van der Waals surface area contributed by atoms with Gasteiger partial charge in [-0.3, -0.25) is 4.98 Å². The predicted octanol–water partition coefficient (Wildman–Crippen LogP) is 3.35. The third-order valence-electron chi connectivity index (χ3n) is 4.22. The molecule has 23 heavy (non-hydrogen) atoms. The lowest BCUT2D eigenvalue weighted by atomic mass is 9.84. The van der Waals surface area contributed by atoms with Gasteiger partial charge in [0.05, 0.1) is 15.9 Å². The molecule has 126 valence electrons. The molecule has 0 aromatic carbocycles. The Balaban J connectivity index is 1.81. The van der Waals surface area contributed by atoms with Gasteiger partial charge in [0.2, 0.25) is 10.0 Å². The number of fused-ring (bicyclic) bond motifs is 1. The maximum Gasteiger partial charge on any atom is 0.219 e. The first-order valence-electron chi connectivity index (χ1n) is 7.82. The number of hydrogen-bond donors (Lipinski definition) is 2. The van der Waals surface area contributed by atoms with Crippen molar-refractivity contribution in [2.75, 3.05) is 11.9 Å². The van der Waals surface area contributed by atoms with Crippen LogP contribution in [0.4, 0.5) is 5.69 Å². The van der Waals surface area contributed by atoms with Gasteiger partial charge in [-0.15, -0.1) is 11.3 Å². The van der Waals surface area contributed by atoms with Gasteiger partial charge in [0, 0.05) is 18.3 Å². The molecule has 2 heterocycles. The minimum Gasteiger partial charge on any atom is -0.382 e. The lowest BCUT2D eigenvalue weighted by molar-refractivity contribution is 0.339. The molecule has 1 fully saturated rings. The zero-order chi connectivity index (χ0) is 16.7. The minimum atomic E-state index is -3.38. The third kappa shape index (κ3) is 3.22. The van der Waals surface area contributed by atoms with Crippen molar-refractivity contribution in [1.29, 1.82) is 0 Å². The largest absolute Gasteiger partial charge is 0.382 e. The second-order valence-corrected chi connectivity index (χ2v) is 10.2. The molecule has 2 aromatic heterocycles. The Morgan fingerprint density at radius 1 is 1.30 bits per heavy atom. The van der Waals surface area contributed by atoms with Crippen LogP contribution in [0, 0.1) is 0 Å². The first-order valence-corrected chi connectivity index (χ1v) is 10.2. The lowest BCUT2D eigenvalue weighted by Gasteiger charge is -2.42. The molecule has 2 N–H and O–H groups in total. The van der Waals surface area contributed by atoms with E-state index >= 15 is 0 Å². The molecule has 3 rings (SSSR count). The van der Waals surface area contributed by atoms with E-state index in [1.54, 1.807) is 17.5 Å². The molecule has 5 nitrogen and oxygen atoms in total. The highest BCUT2D eigenvalue weighted by Gasteiger charge is 2.49. The molecule has 0 bridgehead atoms. The number of nitrogens with zero attached hydrogens (tertiary/aromatic N) is 1. The second kappa shape index (κ2) is 5.72. The average Bonchev–Trinajstić information content (AvgIpc) is 2.82. The number of aromatic nitrogens is 1. The van der Waals surface area contributed by atoms with Gasteiger partial charge in [-0.1, -0.05) is 6.42 Å². The molecule has 0 spiro atoms. The number of hydrogen-bond acceptors (Lipinski definition) is 5. The fraction of sp³-hybridized carbons (Fsp3) is 0.562. The van der Waals surface area contributed by atoms with Crippen LogP contribution in [0.25, 0.3) is 10.2 Å². The van der Waals surface area contributed by atoms with E-state index in [9.17, 15) is 8.42 Å². The van der Waals surface area contributed by atoms with Crippen LogP contribution in [0.5, 0.6) is 0 Å². The summed E-state index contributed by atoms with van der Waals surface area (Å²) in [5, 5.41) is 5.36. The van der Waals surface area contributed by atoms with Gasteiger partial charge >= 0.3 is 0 Å². The number of thiophene rings is 1. The van der Waals surface area contributed by atoms with Gasteiger partial charge < -0.3 is 5.32 Å². The summed E-state index contributed by atoms with van der Waals surface area (Å²) in [6.07, 6.45) is 4.11. The summed E-state index contributed by atoms with van der Waals surface area (Å²) in [6.45, 7) is 6.06. The van der Waals surface area contributed by atoms with Gasteiger partial charge in [0.25, 0.3) is 0 Å². The zero-order valence-electron chi connectivity index (χ0n) is 13.7. The normalized spacial score (nSPS) is 17.9. The topological polar surface area (TPSA) is 71.1 Å². The number of anilines is 1. The van der Waals surface area contributed by atoms with Crippen LogP contribution >= 0.6 is 11.3 Å². The highest BCUT2D eigenvalue weighted by Crippen LogP contribution is 2.40. The number of nitrogens with one attached hydrogen (secondary N) is 2. The van der Waals surface area contributed by atoms with Crippen molar-refractivity contribution >= 4 is 37.3 Å². The molecule has 7 heteroatoms. The fourth-order valence-corrected chi connectivity index (χ4v) is 5.84. The van der Waals surface area contributed by atoms with Gasteiger partial charge in [-0.2, -0.15) is 0 Å². The van der Waals surface area contributed by atoms with E-state index in [0.717, 1.165) is 22.3 Å². The molecule has 0 radical (unpaired) electrons. The smallest absolute Gasteiger partial charge is 0.219 e. The van der Waals surface area contributed by atoms with E-state index in [2.05, 4.69) is 15.0 Å². The zero-order valence-corrected chi connectivity index (χ0v) is 15.4. The summed E-state index contributed by atoms with van der Waals surface area (Å²) < 4.78 is 28.8. The van der Waals surface area contributed by atoms with Crippen LogP contribution in [-0.4, -0.2) is 30.2 Å². The number of pyridine rings is 1. The fourth-order valence-electron chi connectivity index (χ4n) is 2.89. The first kappa shape index (κ1) is 16.7. The van der Waals surface area contributed by atoms with Crippen LogP contribution in [-0.2, 0) is 10.0 Å². The van der Waals surface area contributed by atoms with E-state index < -0.39 is 20.3 Å². The summed E-state index contributed by atoms with van der Waals surface area (Å²) in [5.41, 5.74) is 1.44. The maximum atomic E-state index is 12.8. The van der Waals surface area contributed by atoms with Crippen LogP contribution in [0.2, 0.25) is 0 Å². The lowest BCUT2D eigenvalue weighted by Crippen LogP contribution is -2.58. The van der Waals surface area contributed by atoms with Crippen molar-refractivity contribution in [1.82, 2.24) is 9.71 Å². The summed E-state index contributed by atoms with van der Waals surface area (Å²) in [4.78, 5) is 4.32. The summed E-state index contributed by atoms with van der Waals surface area (Å²) in [7, 11) is -3.38. The number of sulfonamides is 1. The molecule has 0 amide bonds. The number of rotatable bonds is 5. The van der Waals surface area contributed by atoms with Crippen molar-refractivity contribution in [3.05, 3.63) is 23.7 Å². The van der Waals surface area contributed by atoms with Gasteiger partial charge in [0.1, 0.15) is 4.75 Å². The van der Waals surface area contributed by atoms with Crippen molar-refractivity contribution in [3.8, 4) is 0 Å². The Hall–Kier alpha value is -1.18. The molecule has 1 saturated carbocycles. The molecular formula is C16H23N3O2S2. The van der Waals surface area contributed by atoms with E-state index in [-0.39, 0.29) is 0 Å². The third-order valence-corrected chi connectivity index (χ3v) is 7.73. The van der Waals surface area contributed by atoms with Crippen LogP contribution < -0.4 is 10.0 Å². The van der Waals surface area contributed by atoms with Crippen molar-refractivity contribution < 1.29 is 8.42 Å². The van der Waals surface area contributed by atoms with Gasteiger partial charge in [-0.25, -0.2) is 13.1 Å². The van der Waals surface area contributed by atoms with Crippen molar-refractivity contribution in [3.63, 3.8) is 0 Å². The highest BCUT2D eigenvalue weighted by molar-refractivity contribution is 7.91. The molecule has 0 aliphatic heterocycles. The predicted molar refractivity (Wildman–Crippen MR) is 96.5 cm³/mol. The maximum absolute atomic E-state index is 12.8. The quantitative estimate of drug-likeness (QED) is 0.865. The van der Waals surface area contributed by atoms with Crippen molar-refractivity contribution in [2.45, 2.75) is 50.3 Å². The SMILES string of the molecule is CC(C)(C)NS(=O)(=O)C1(CNc2ccnc3ccsc23)CCC1. The molecular weight excluding hydrogens is 330 g/mol. The molecule has 2 aromatic rings. The van der Waals surface area contributed by atoms with Gasteiger partial charge in [0.15, 0.2) is 0 Å². The average molecular weight is 354 g/mol. The monoisotopic (exact) mass is 353 g/mol. The van der Waals surface area contributed by atoms with Gasteiger partial charge in [-0.05, 0) is 51.1 Å². The summed E-state index contributed by atoms with van der Waals surface area (Å²) >= 11 is 1.62. The van der Waals surface area contributed by atoms with E-state index in [0.29, 0.717) is 19.4 Å².